The first-order chi connectivity index (χ1) is 12.8. The van der Waals surface area contributed by atoms with Crippen molar-refractivity contribution in [2.45, 2.75) is 24.3 Å². The molecule has 1 saturated heterocycles. The van der Waals surface area contributed by atoms with E-state index in [2.05, 4.69) is 10.0 Å². The summed E-state index contributed by atoms with van der Waals surface area (Å²) in [5, 5.41) is 3.21. The van der Waals surface area contributed by atoms with Crippen LogP contribution in [0.25, 0.3) is 0 Å². The van der Waals surface area contributed by atoms with Crippen LogP contribution in [-0.4, -0.2) is 45.4 Å². The van der Waals surface area contributed by atoms with E-state index in [1.54, 1.807) is 36.2 Å². The molecule has 0 radical (unpaired) electrons. The summed E-state index contributed by atoms with van der Waals surface area (Å²) in [6.45, 7) is 3.06. The van der Waals surface area contributed by atoms with Crippen molar-refractivity contribution in [3.8, 4) is 0 Å². The highest BCUT2D eigenvalue weighted by molar-refractivity contribution is 7.92. The van der Waals surface area contributed by atoms with Crippen LogP contribution in [0.15, 0.2) is 47.4 Å². The van der Waals surface area contributed by atoms with E-state index in [9.17, 15) is 17.6 Å². The lowest BCUT2D eigenvalue weighted by molar-refractivity contribution is 0.0745. The number of nitrogens with one attached hydrogen (secondary N) is 2. The number of nitrogens with zero attached hydrogens (tertiary/aromatic N) is 1. The first kappa shape index (κ1) is 19.3. The van der Waals surface area contributed by atoms with Crippen molar-refractivity contribution in [2.24, 2.45) is 0 Å². The largest absolute Gasteiger partial charge is 0.337 e. The number of halogens is 1. The van der Waals surface area contributed by atoms with E-state index in [1.165, 1.54) is 19.1 Å². The molecule has 0 spiro atoms. The average molecular weight is 391 g/mol. The fraction of sp³-hybridized carbons (Fsp3) is 0.316. The number of aryl methyl sites for hydroxylation is 1. The Morgan fingerprint density at radius 3 is 2.67 bits per heavy atom. The number of rotatable bonds is 5. The molecule has 8 heteroatoms. The van der Waals surface area contributed by atoms with Gasteiger partial charge in [-0.25, -0.2) is 12.8 Å². The van der Waals surface area contributed by atoms with Gasteiger partial charge >= 0.3 is 0 Å². The summed E-state index contributed by atoms with van der Waals surface area (Å²) in [4.78, 5) is 14.5. The molecule has 0 aromatic heterocycles. The van der Waals surface area contributed by atoms with Crippen LogP contribution >= 0.6 is 0 Å². The van der Waals surface area contributed by atoms with Crippen LogP contribution in [0.5, 0.6) is 0 Å². The Morgan fingerprint density at radius 1 is 1.26 bits per heavy atom. The summed E-state index contributed by atoms with van der Waals surface area (Å²) in [6.07, 6.45) is 0.852. The topological polar surface area (TPSA) is 78.5 Å². The molecule has 2 aromatic rings. The second-order valence-electron chi connectivity index (χ2n) is 6.62. The van der Waals surface area contributed by atoms with Crippen molar-refractivity contribution in [2.75, 3.05) is 24.9 Å². The summed E-state index contributed by atoms with van der Waals surface area (Å²) < 4.78 is 41.3. The molecule has 1 aliphatic heterocycles. The molecule has 1 unspecified atom stereocenters. The number of para-hydroxylation sites is 1. The van der Waals surface area contributed by atoms with Crippen molar-refractivity contribution < 1.29 is 17.6 Å². The van der Waals surface area contributed by atoms with Crippen molar-refractivity contribution in [3.63, 3.8) is 0 Å². The summed E-state index contributed by atoms with van der Waals surface area (Å²) >= 11 is 0. The van der Waals surface area contributed by atoms with Crippen molar-refractivity contribution >= 4 is 21.6 Å². The molecule has 6 nitrogen and oxygen atoms in total. The van der Waals surface area contributed by atoms with Gasteiger partial charge in [0.05, 0.1) is 16.1 Å². The highest BCUT2D eigenvalue weighted by Crippen LogP contribution is 2.23. The van der Waals surface area contributed by atoms with E-state index in [0.717, 1.165) is 19.0 Å². The van der Waals surface area contributed by atoms with Gasteiger partial charge in [-0.05, 0) is 55.8 Å². The molecule has 3 rings (SSSR count). The third-order valence-corrected chi connectivity index (χ3v) is 6.11. The minimum Gasteiger partial charge on any atom is -0.337 e. The molecule has 1 amide bonds. The predicted octanol–water partition coefficient (Wildman–Crippen LogP) is 2.37. The van der Waals surface area contributed by atoms with Crippen molar-refractivity contribution in [1.82, 2.24) is 10.2 Å². The standard InChI is InChI=1S/C19H22FN3O3S/c1-13-11-15(7-8-17(13)20)27(25,26)22-18-6-4-3-5-16(18)19(24)23(2)14-9-10-21-12-14/h3-8,11,14,21-22H,9-10,12H2,1-2H3. The summed E-state index contributed by atoms with van der Waals surface area (Å²) in [5.74, 6) is -0.728. The zero-order valence-corrected chi connectivity index (χ0v) is 16.0. The number of hydrogen-bond acceptors (Lipinski definition) is 4. The monoisotopic (exact) mass is 391 g/mol. The number of carbonyl (C=O) groups is 1. The molecule has 1 heterocycles. The predicted molar refractivity (Wildman–Crippen MR) is 102 cm³/mol. The Labute approximate surface area is 158 Å². The van der Waals surface area contributed by atoms with E-state index in [-0.39, 0.29) is 33.7 Å². The van der Waals surface area contributed by atoms with Crippen LogP contribution in [0.1, 0.15) is 22.3 Å². The number of anilines is 1. The highest BCUT2D eigenvalue weighted by Gasteiger charge is 2.26. The van der Waals surface area contributed by atoms with Crippen LogP contribution in [0.4, 0.5) is 10.1 Å². The van der Waals surface area contributed by atoms with Crippen molar-refractivity contribution in [3.05, 3.63) is 59.4 Å². The van der Waals surface area contributed by atoms with Gasteiger partial charge in [0.15, 0.2) is 0 Å². The van der Waals surface area contributed by atoms with E-state index >= 15 is 0 Å². The Morgan fingerprint density at radius 2 is 2.00 bits per heavy atom. The maximum absolute atomic E-state index is 13.4. The van der Waals surface area contributed by atoms with Gasteiger partial charge in [-0.1, -0.05) is 12.1 Å². The lowest BCUT2D eigenvalue weighted by Gasteiger charge is -2.25. The average Bonchev–Trinajstić information content (AvgIpc) is 3.17. The zero-order valence-electron chi connectivity index (χ0n) is 15.2. The number of amides is 1. The fourth-order valence-corrected chi connectivity index (χ4v) is 4.24. The molecule has 2 N–H and O–H groups in total. The molecule has 0 saturated carbocycles. The van der Waals surface area contributed by atoms with Gasteiger partial charge in [0, 0.05) is 19.6 Å². The number of sulfonamides is 1. The molecule has 1 fully saturated rings. The molecule has 144 valence electrons. The van der Waals surface area contributed by atoms with Crippen LogP contribution in [0, 0.1) is 12.7 Å². The molecular formula is C19H22FN3O3S. The Kier molecular flexibility index (Phi) is 5.48. The van der Waals surface area contributed by atoms with Gasteiger partial charge in [-0.15, -0.1) is 0 Å². The smallest absolute Gasteiger partial charge is 0.261 e. The SMILES string of the molecule is Cc1cc(S(=O)(=O)Nc2ccccc2C(=O)N(C)C2CCNC2)ccc1F. The van der Waals surface area contributed by atoms with Gasteiger partial charge in [0.25, 0.3) is 15.9 Å². The maximum Gasteiger partial charge on any atom is 0.261 e. The fourth-order valence-electron chi connectivity index (χ4n) is 3.07. The quantitative estimate of drug-likeness (QED) is 0.820. The number of likely N-dealkylation sites (N-methyl/N-ethyl adjacent to an activating group) is 1. The van der Waals surface area contributed by atoms with Gasteiger partial charge < -0.3 is 10.2 Å². The number of carbonyl (C=O) groups excluding carboxylic acids is 1. The molecule has 1 atom stereocenters. The molecule has 1 aliphatic rings. The van der Waals surface area contributed by atoms with E-state index < -0.39 is 15.8 Å². The van der Waals surface area contributed by atoms with Crippen LogP contribution in [0.3, 0.4) is 0 Å². The number of benzene rings is 2. The summed E-state index contributed by atoms with van der Waals surface area (Å²) in [6, 6.07) is 10.1. The second kappa shape index (κ2) is 7.66. The Bertz CT molecular complexity index is 956. The van der Waals surface area contributed by atoms with E-state index in [0.29, 0.717) is 6.54 Å². The van der Waals surface area contributed by atoms with Crippen molar-refractivity contribution in [1.29, 1.82) is 0 Å². The molecule has 0 bridgehead atoms. The Balaban J connectivity index is 1.89. The molecule has 27 heavy (non-hydrogen) atoms. The third kappa shape index (κ3) is 4.12. The summed E-state index contributed by atoms with van der Waals surface area (Å²) in [7, 11) is -2.24. The van der Waals surface area contributed by atoms with Gasteiger partial charge in [0.1, 0.15) is 5.82 Å². The highest BCUT2D eigenvalue weighted by atomic mass is 32.2. The minimum atomic E-state index is -3.95. The van der Waals surface area contributed by atoms with E-state index in [4.69, 9.17) is 0 Å². The van der Waals surface area contributed by atoms with Crippen LogP contribution in [-0.2, 0) is 10.0 Å². The normalized spacial score (nSPS) is 16.9. The van der Waals surface area contributed by atoms with E-state index in [1.807, 2.05) is 0 Å². The van der Waals surface area contributed by atoms with Crippen LogP contribution in [0.2, 0.25) is 0 Å². The number of hydrogen-bond donors (Lipinski definition) is 2. The minimum absolute atomic E-state index is 0.0583. The molecule has 2 aromatic carbocycles. The molecule has 0 aliphatic carbocycles. The Hall–Kier alpha value is -2.45. The third-order valence-electron chi connectivity index (χ3n) is 4.74. The molecular weight excluding hydrogens is 369 g/mol. The second-order valence-corrected chi connectivity index (χ2v) is 8.31. The van der Waals surface area contributed by atoms with Gasteiger partial charge in [-0.2, -0.15) is 0 Å². The lowest BCUT2D eigenvalue weighted by Crippen LogP contribution is -2.38. The first-order valence-corrected chi connectivity index (χ1v) is 10.1. The van der Waals surface area contributed by atoms with Crippen LogP contribution < -0.4 is 10.0 Å². The van der Waals surface area contributed by atoms with Gasteiger partial charge in [-0.3, -0.25) is 9.52 Å². The first-order valence-electron chi connectivity index (χ1n) is 8.65. The zero-order chi connectivity index (χ0) is 19.6. The van der Waals surface area contributed by atoms with Gasteiger partial charge in [0.2, 0.25) is 0 Å². The lowest BCUT2D eigenvalue weighted by atomic mass is 10.1. The maximum atomic E-state index is 13.4. The summed E-state index contributed by atoms with van der Waals surface area (Å²) in [5.41, 5.74) is 0.701.